The lowest BCUT2D eigenvalue weighted by atomic mass is 10.0. The van der Waals surface area contributed by atoms with Crippen molar-refractivity contribution in [2.24, 2.45) is 0 Å². The Bertz CT molecular complexity index is 1260. The van der Waals surface area contributed by atoms with Crippen LogP contribution in [0.3, 0.4) is 0 Å². The number of hydrogen-bond donors (Lipinski definition) is 0. The van der Waals surface area contributed by atoms with Crippen LogP contribution in [0.4, 0.5) is 8.78 Å². The Morgan fingerprint density at radius 1 is 0.611 bits per heavy atom. The first-order chi connectivity index (χ1) is 17.1. The molecule has 0 atom stereocenters. The zero-order valence-electron chi connectivity index (χ0n) is 19.3. The predicted octanol–water partition coefficient (Wildman–Crippen LogP) is 9.55. The number of halogens is 2. The van der Waals surface area contributed by atoms with Gasteiger partial charge in [-0.3, -0.25) is 0 Å². The summed E-state index contributed by atoms with van der Waals surface area (Å²) in [5.74, 6) is -0.653. The molecule has 0 aliphatic carbocycles. The quantitative estimate of drug-likeness (QED) is 0.189. The minimum absolute atomic E-state index is 0. The van der Waals surface area contributed by atoms with Gasteiger partial charge in [-0.1, -0.05) is 57.7 Å². The van der Waals surface area contributed by atoms with Gasteiger partial charge < -0.3 is 0 Å². The van der Waals surface area contributed by atoms with E-state index in [4.69, 9.17) is 10.5 Å². The van der Waals surface area contributed by atoms with Gasteiger partial charge in [0.2, 0.25) is 0 Å². The Morgan fingerprint density at radius 3 is 1.28 bits per heavy atom. The fourth-order valence-corrected chi connectivity index (χ4v) is 5.28. The van der Waals surface area contributed by atoms with Crippen LogP contribution in [0.15, 0.2) is 94.7 Å². The van der Waals surface area contributed by atoms with Crippen LogP contribution in [-0.4, -0.2) is 5.08 Å². The van der Waals surface area contributed by atoms with Crippen molar-refractivity contribution in [3.8, 4) is 34.4 Å². The first kappa shape index (κ1) is 28.7. The zero-order valence-corrected chi connectivity index (χ0v) is 20.9. The molecule has 182 valence electrons. The molecular weight excluding hydrogens is 490 g/mol. The molecule has 2 nitrogen and oxygen atoms in total. The average Bonchev–Trinajstić information content (AvgIpc) is 2.90. The van der Waals surface area contributed by atoms with E-state index in [-0.39, 0.29) is 19.1 Å². The number of benzene rings is 4. The van der Waals surface area contributed by atoms with Gasteiger partial charge in [0.25, 0.3) is 0 Å². The maximum Gasteiger partial charge on any atom is 0.132 e. The lowest BCUT2D eigenvalue weighted by Crippen LogP contribution is -1.87. The van der Waals surface area contributed by atoms with Gasteiger partial charge in [-0.15, -0.1) is 23.5 Å². The molecule has 0 N–H and O–H groups in total. The van der Waals surface area contributed by atoms with E-state index in [2.05, 4.69) is 12.1 Å². The summed E-state index contributed by atoms with van der Waals surface area (Å²) >= 11 is 2.95. The van der Waals surface area contributed by atoms with Gasteiger partial charge in [0.15, 0.2) is 0 Å². The van der Waals surface area contributed by atoms with E-state index in [0.29, 0.717) is 27.3 Å². The van der Waals surface area contributed by atoms with Gasteiger partial charge in [0.05, 0.1) is 23.3 Å². The summed E-state index contributed by atoms with van der Waals surface area (Å²) in [7, 11) is 0. The molecule has 36 heavy (non-hydrogen) atoms. The minimum atomic E-state index is -0.326. The summed E-state index contributed by atoms with van der Waals surface area (Å²) < 4.78 is 29.2. The normalized spacial score (nSPS) is 9.72. The van der Waals surface area contributed by atoms with Crippen molar-refractivity contribution in [2.45, 2.75) is 31.1 Å². The van der Waals surface area contributed by atoms with Crippen LogP contribution in [0.2, 0.25) is 0 Å². The highest BCUT2D eigenvalue weighted by Crippen LogP contribution is 2.33. The third-order valence-electron chi connectivity index (χ3n) is 4.98. The van der Waals surface area contributed by atoms with Crippen molar-refractivity contribution in [1.29, 1.82) is 10.5 Å². The number of nitrogens with zero attached hydrogens (tertiary/aromatic N) is 2. The molecule has 4 aromatic rings. The van der Waals surface area contributed by atoms with Crippen molar-refractivity contribution >= 4 is 23.5 Å². The van der Waals surface area contributed by atoms with Crippen molar-refractivity contribution in [2.75, 3.05) is 5.08 Å². The van der Waals surface area contributed by atoms with Gasteiger partial charge in [0, 0.05) is 26.0 Å². The summed E-state index contributed by atoms with van der Waals surface area (Å²) in [6, 6.07) is 27.9. The van der Waals surface area contributed by atoms with E-state index < -0.39 is 0 Å². The minimum Gasteiger partial charge on any atom is -0.206 e. The van der Waals surface area contributed by atoms with Crippen molar-refractivity contribution in [1.82, 2.24) is 0 Å². The third kappa shape index (κ3) is 7.21. The second-order valence-electron chi connectivity index (χ2n) is 7.07. The van der Waals surface area contributed by atoms with Gasteiger partial charge in [-0.25, -0.2) is 8.78 Å². The molecule has 0 heterocycles. The first-order valence-electron chi connectivity index (χ1n) is 10.9. The molecule has 4 rings (SSSR count). The van der Waals surface area contributed by atoms with Gasteiger partial charge >= 0.3 is 0 Å². The molecule has 0 aliphatic rings. The van der Waals surface area contributed by atoms with Crippen LogP contribution in [-0.2, 0) is 0 Å². The van der Waals surface area contributed by atoms with Crippen molar-refractivity contribution < 1.29 is 8.78 Å². The molecule has 0 saturated heterocycles. The fourth-order valence-electron chi connectivity index (χ4n) is 3.25. The Labute approximate surface area is 220 Å². The van der Waals surface area contributed by atoms with Crippen LogP contribution in [0.5, 0.6) is 0 Å². The summed E-state index contributed by atoms with van der Waals surface area (Å²) in [6.07, 6.45) is 0. The van der Waals surface area contributed by atoms with E-state index in [9.17, 15) is 8.78 Å². The number of thioether (sulfide) groups is 2. The smallest absolute Gasteiger partial charge is 0.132 e. The Kier molecular flexibility index (Phi) is 11.2. The summed E-state index contributed by atoms with van der Waals surface area (Å²) in [4.78, 5) is 1.57. The summed E-state index contributed by atoms with van der Waals surface area (Å²) in [5.41, 5.74) is 3.47. The lowest BCUT2D eigenvalue weighted by molar-refractivity contribution is 0.627. The molecule has 0 aliphatic heterocycles. The molecule has 0 bridgehead atoms. The topological polar surface area (TPSA) is 47.6 Å². The molecule has 0 saturated carbocycles. The van der Waals surface area contributed by atoms with Crippen LogP contribution in [0.25, 0.3) is 22.3 Å². The zero-order chi connectivity index (χ0) is 25.2. The van der Waals surface area contributed by atoms with Gasteiger partial charge in [-0.2, -0.15) is 10.5 Å². The first-order valence-corrected chi connectivity index (χ1v) is 12.9. The third-order valence-corrected chi connectivity index (χ3v) is 7.10. The number of rotatable bonds is 6. The number of hydrogen-bond acceptors (Lipinski definition) is 4. The van der Waals surface area contributed by atoms with Crippen molar-refractivity contribution in [3.05, 3.63) is 108 Å². The van der Waals surface area contributed by atoms with Gasteiger partial charge in [0.1, 0.15) is 11.6 Å². The standard InChI is InChI=1S/C27H16F2N2S2.C2H6.CH4/c28-26-13-22(9-11-24(26)20-5-1-18(15-30)2-6-20)32-17-33-23-10-12-25(27(29)14-23)21-7-3-19(16-31)4-8-21;1-2;/h1-14H,17H2;1-2H3;1H4. The van der Waals surface area contributed by atoms with Crippen molar-refractivity contribution in [3.63, 3.8) is 0 Å². The molecular formula is C30H26F2N2S2. The lowest BCUT2D eigenvalue weighted by Gasteiger charge is -2.08. The largest absolute Gasteiger partial charge is 0.206 e. The highest BCUT2D eigenvalue weighted by atomic mass is 32.2. The van der Waals surface area contributed by atoms with E-state index >= 15 is 0 Å². The van der Waals surface area contributed by atoms with E-state index in [1.165, 1.54) is 35.7 Å². The maximum absolute atomic E-state index is 14.6. The Morgan fingerprint density at radius 2 is 0.972 bits per heavy atom. The van der Waals surface area contributed by atoms with Crippen LogP contribution in [0, 0.1) is 34.3 Å². The summed E-state index contributed by atoms with van der Waals surface area (Å²) in [6.45, 7) is 4.00. The highest BCUT2D eigenvalue weighted by Gasteiger charge is 2.09. The highest BCUT2D eigenvalue weighted by molar-refractivity contribution is 8.16. The maximum atomic E-state index is 14.6. The van der Waals surface area contributed by atoms with E-state index in [0.717, 1.165) is 20.9 Å². The average molecular weight is 517 g/mol. The molecule has 4 aromatic carbocycles. The predicted molar refractivity (Wildman–Crippen MR) is 148 cm³/mol. The van der Waals surface area contributed by atoms with Crippen LogP contribution in [0.1, 0.15) is 32.4 Å². The summed E-state index contributed by atoms with van der Waals surface area (Å²) in [5, 5.41) is 18.4. The molecule has 6 heteroatoms. The number of nitriles is 2. The molecule has 0 spiro atoms. The monoisotopic (exact) mass is 516 g/mol. The molecule has 0 fully saturated rings. The van der Waals surface area contributed by atoms with Crippen LogP contribution >= 0.6 is 23.5 Å². The molecule has 0 amide bonds. The molecule has 0 radical (unpaired) electrons. The fraction of sp³-hybridized carbons (Fsp3) is 0.133. The van der Waals surface area contributed by atoms with Gasteiger partial charge in [-0.05, 0) is 59.7 Å². The van der Waals surface area contributed by atoms with E-state index in [1.54, 1.807) is 60.7 Å². The van der Waals surface area contributed by atoms with Crippen LogP contribution < -0.4 is 0 Å². The second kappa shape index (κ2) is 14.1. The van der Waals surface area contributed by atoms with E-state index in [1.807, 2.05) is 26.0 Å². The SMILES string of the molecule is C.CC.N#Cc1ccc(-c2ccc(SCSc3ccc(-c4ccc(C#N)cc4)c(F)c3)cc2F)cc1. The molecule has 0 aromatic heterocycles. The Balaban J connectivity index is 0.00000148. The molecule has 0 unspecified atom stereocenters. The Hall–Kier alpha value is -3.58. The second-order valence-corrected chi connectivity index (χ2v) is 9.53.